The highest BCUT2D eigenvalue weighted by atomic mass is 16.5. The Hall–Kier alpha value is -0.540. The zero-order chi connectivity index (χ0) is 9.41. The van der Waals surface area contributed by atoms with Crippen molar-refractivity contribution in [3.8, 4) is 0 Å². The minimum Gasteiger partial charge on any atom is -0.501 e. The van der Waals surface area contributed by atoms with E-state index in [0.29, 0.717) is 13.0 Å². The molecule has 3 heteroatoms. The summed E-state index contributed by atoms with van der Waals surface area (Å²) in [6.45, 7) is 5.38. The lowest BCUT2D eigenvalue weighted by atomic mass is 9.81. The minimum absolute atomic E-state index is 0.599. The number of ether oxygens (including phenoxy) is 1. The lowest BCUT2D eigenvalue weighted by Gasteiger charge is -2.36. The predicted octanol–water partition coefficient (Wildman–Crippen LogP) is 0.812. The summed E-state index contributed by atoms with van der Waals surface area (Å²) in [5.41, 5.74) is -1.56. The van der Waals surface area contributed by atoms with E-state index in [0.717, 1.165) is 5.57 Å². The Morgan fingerprint density at radius 2 is 1.92 bits per heavy atom. The average molecular weight is 172 g/mol. The molecular formula is C9H16O3. The van der Waals surface area contributed by atoms with Crippen LogP contribution in [0.1, 0.15) is 27.2 Å². The Morgan fingerprint density at radius 1 is 1.33 bits per heavy atom. The van der Waals surface area contributed by atoms with Crippen LogP contribution in [0.25, 0.3) is 0 Å². The standard InChI is InChI=1S/C9H16O3/c1-8(2,10)9(3,11)7-4-5-12-6-7/h6,10-11H,4-5H2,1-3H3. The first-order valence-electron chi connectivity index (χ1n) is 4.11. The summed E-state index contributed by atoms with van der Waals surface area (Å²) in [5.74, 6) is 0. The molecule has 0 aromatic rings. The summed E-state index contributed by atoms with van der Waals surface area (Å²) in [6, 6.07) is 0. The molecule has 0 saturated heterocycles. The van der Waals surface area contributed by atoms with Crippen molar-refractivity contribution in [1.82, 2.24) is 0 Å². The van der Waals surface area contributed by atoms with Gasteiger partial charge in [-0.25, -0.2) is 0 Å². The van der Waals surface area contributed by atoms with Crippen molar-refractivity contribution in [3.05, 3.63) is 11.8 Å². The lowest BCUT2D eigenvalue weighted by Crippen LogP contribution is -2.48. The molecular weight excluding hydrogens is 156 g/mol. The second-order valence-corrected chi connectivity index (χ2v) is 3.90. The number of hydrogen-bond acceptors (Lipinski definition) is 3. The Bertz CT molecular complexity index is 198. The number of rotatable bonds is 2. The molecule has 1 heterocycles. The molecule has 12 heavy (non-hydrogen) atoms. The maximum absolute atomic E-state index is 9.95. The minimum atomic E-state index is -1.19. The van der Waals surface area contributed by atoms with Crippen molar-refractivity contribution >= 4 is 0 Å². The smallest absolute Gasteiger partial charge is 0.114 e. The van der Waals surface area contributed by atoms with Gasteiger partial charge in [-0.3, -0.25) is 0 Å². The Labute approximate surface area is 72.7 Å². The van der Waals surface area contributed by atoms with Gasteiger partial charge >= 0.3 is 0 Å². The average Bonchev–Trinajstić information content (AvgIpc) is 2.34. The maximum Gasteiger partial charge on any atom is 0.114 e. The van der Waals surface area contributed by atoms with Gasteiger partial charge in [0.2, 0.25) is 0 Å². The molecule has 70 valence electrons. The van der Waals surface area contributed by atoms with Gasteiger partial charge in [-0.05, 0) is 20.8 Å². The van der Waals surface area contributed by atoms with Crippen LogP contribution in [0.3, 0.4) is 0 Å². The molecule has 0 aromatic carbocycles. The van der Waals surface area contributed by atoms with Crippen molar-refractivity contribution in [3.63, 3.8) is 0 Å². The van der Waals surface area contributed by atoms with Crippen LogP contribution < -0.4 is 0 Å². The molecule has 0 bridgehead atoms. The number of aliphatic hydroxyl groups is 2. The first-order valence-corrected chi connectivity index (χ1v) is 4.11. The van der Waals surface area contributed by atoms with Crippen LogP contribution in [-0.4, -0.2) is 28.0 Å². The summed E-state index contributed by atoms with van der Waals surface area (Å²) >= 11 is 0. The first-order chi connectivity index (χ1) is 5.36. The first kappa shape index (κ1) is 9.55. The van der Waals surface area contributed by atoms with Crippen molar-refractivity contribution in [2.45, 2.75) is 38.4 Å². The van der Waals surface area contributed by atoms with Gasteiger partial charge in [0.15, 0.2) is 0 Å². The van der Waals surface area contributed by atoms with Crippen LogP contribution >= 0.6 is 0 Å². The number of hydrogen-bond donors (Lipinski definition) is 2. The van der Waals surface area contributed by atoms with Crippen LogP contribution in [0.2, 0.25) is 0 Å². The van der Waals surface area contributed by atoms with Gasteiger partial charge in [0, 0.05) is 12.0 Å². The molecule has 1 rings (SSSR count). The normalized spacial score (nSPS) is 22.9. The molecule has 3 nitrogen and oxygen atoms in total. The second kappa shape index (κ2) is 2.75. The van der Waals surface area contributed by atoms with Crippen LogP contribution in [0, 0.1) is 0 Å². The third-order valence-electron chi connectivity index (χ3n) is 2.53. The molecule has 0 fully saturated rings. The van der Waals surface area contributed by atoms with E-state index in [4.69, 9.17) is 4.74 Å². The molecule has 0 saturated carbocycles. The molecule has 0 radical (unpaired) electrons. The highest BCUT2D eigenvalue weighted by Crippen LogP contribution is 2.33. The fourth-order valence-corrected chi connectivity index (χ4v) is 1.14. The van der Waals surface area contributed by atoms with E-state index < -0.39 is 11.2 Å². The van der Waals surface area contributed by atoms with Crippen molar-refractivity contribution in [1.29, 1.82) is 0 Å². The molecule has 1 aliphatic rings. The summed E-state index contributed by atoms with van der Waals surface area (Å²) in [7, 11) is 0. The van der Waals surface area contributed by atoms with Gasteiger partial charge in [-0.15, -0.1) is 0 Å². The third-order valence-corrected chi connectivity index (χ3v) is 2.53. The molecule has 1 atom stereocenters. The van der Waals surface area contributed by atoms with Gasteiger partial charge in [0.05, 0.1) is 18.5 Å². The Morgan fingerprint density at radius 3 is 2.25 bits per heavy atom. The van der Waals surface area contributed by atoms with Gasteiger partial charge in [-0.1, -0.05) is 0 Å². The molecule has 0 spiro atoms. The van der Waals surface area contributed by atoms with E-state index in [1.165, 1.54) is 6.26 Å². The Kier molecular flexibility index (Phi) is 2.19. The molecule has 0 aliphatic carbocycles. The van der Waals surface area contributed by atoms with Crippen molar-refractivity contribution in [2.75, 3.05) is 6.61 Å². The second-order valence-electron chi connectivity index (χ2n) is 3.90. The molecule has 0 aromatic heterocycles. The fraction of sp³-hybridized carbons (Fsp3) is 0.778. The van der Waals surface area contributed by atoms with E-state index in [2.05, 4.69) is 0 Å². The van der Waals surface area contributed by atoms with Crippen molar-refractivity contribution < 1.29 is 14.9 Å². The molecule has 1 aliphatic heterocycles. The zero-order valence-corrected chi connectivity index (χ0v) is 7.79. The monoisotopic (exact) mass is 172 g/mol. The fourth-order valence-electron chi connectivity index (χ4n) is 1.14. The van der Waals surface area contributed by atoms with Crippen LogP contribution in [0.4, 0.5) is 0 Å². The summed E-state index contributed by atoms with van der Waals surface area (Å²) in [6.07, 6.45) is 2.23. The zero-order valence-electron chi connectivity index (χ0n) is 7.79. The summed E-state index contributed by atoms with van der Waals surface area (Å²) in [4.78, 5) is 0. The Balaban J connectivity index is 2.84. The highest BCUT2D eigenvalue weighted by molar-refractivity contribution is 5.20. The van der Waals surface area contributed by atoms with Gasteiger partial charge in [0.1, 0.15) is 5.60 Å². The van der Waals surface area contributed by atoms with E-state index in [1.54, 1.807) is 20.8 Å². The SMILES string of the molecule is CC(C)(O)C(C)(O)C1=COCC1. The maximum atomic E-state index is 9.95. The van der Waals surface area contributed by atoms with Crippen LogP contribution in [0.5, 0.6) is 0 Å². The topological polar surface area (TPSA) is 49.7 Å². The van der Waals surface area contributed by atoms with E-state index in [1.807, 2.05) is 0 Å². The predicted molar refractivity (Wildman–Crippen MR) is 45.6 cm³/mol. The highest BCUT2D eigenvalue weighted by Gasteiger charge is 2.41. The van der Waals surface area contributed by atoms with Crippen LogP contribution in [0.15, 0.2) is 11.8 Å². The largest absolute Gasteiger partial charge is 0.501 e. The van der Waals surface area contributed by atoms with Gasteiger partial charge in [-0.2, -0.15) is 0 Å². The van der Waals surface area contributed by atoms with Gasteiger partial charge < -0.3 is 14.9 Å². The van der Waals surface area contributed by atoms with E-state index in [-0.39, 0.29) is 0 Å². The summed E-state index contributed by atoms with van der Waals surface area (Å²) < 4.78 is 5.01. The molecule has 1 unspecified atom stereocenters. The van der Waals surface area contributed by atoms with Crippen molar-refractivity contribution in [2.24, 2.45) is 0 Å². The van der Waals surface area contributed by atoms with E-state index >= 15 is 0 Å². The molecule has 0 amide bonds. The lowest BCUT2D eigenvalue weighted by molar-refractivity contribution is -0.0963. The molecule has 2 N–H and O–H groups in total. The van der Waals surface area contributed by atoms with Gasteiger partial charge in [0.25, 0.3) is 0 Å². The van der Waals surface area contributed by atoms with E-state index in [9.17, 15) is 10.2 Å². The van der Waals surface area contributed by atoms with Crippen LogP contribution in [-0.2, 0) is 4.74 Å². The third kappa shape index (κ3) is 1.47. The quantitative estimate of drug-likeness (QED) is 0.648. The summed E-state index contributed by atoms with van der Waals surface area (Å²) in [5, 5.41) is 19.6.